The molecule has 9 nitrogen and oxygen atoms in total. The van der Waals surface area contributed by atoms with Crippen molar-refractivity contribution in [1.29, 1.82) is 0 Å². The van der Waals surface area contributed by atoms with Gasteiger partial charge in [-0.3, -0.25) is 9.69 Å². The normalized spacial score (nSPS) is 14.2. The summed E-state index contributed by atoms with van der Waals surface area (Å²) in [6.07, 6.45) is 1.88. The van der Waals surface area contributed by atoms with Gasteiger partial charge in [0.1, 0.15) is 5.60 Å². The number of fused-ring (bicyclic) bond motifs is 1. The number of nitrogens with zero attached hydrogens (tertiary/aromatic N) is 5. The predicted octanol–water partition coefficient (Wildman–Crippen LogP) is 6.00. The number of piperazine rings is 1. The van der Waals surface area contributed by atoms with Gasteiger partial charge in [0.25, 0.3) is 5.91 Å². The fourth-order valence-electron chi connectivity index (χ4n) is 5.79. The maximum Gasteiger partial charge on any atom is 0.410 e. The molecule has 45 heavy (non-hydrogen) atoms. The maximum atomic E-state index is 12.4. The van der Waals surface area contributed by atoms with Gasteiger partial charge in [0.05, 0.1) is 5.69 Å². The zero-order chi connectivity index (χ0) is 31.7. The fourth-order valence-corrected chi connectivity index (χ4v) is 5.79. The lowest BCUT2D eigenvalue weighted by Gasteiger charge is -2.35. The summed E-state index contributed by atoms with van der Waals surface area (Å²) in [5, 5.41) is 5.46. The van der Waals surface area contributed by atoms with Crippen molar-refractivity contribution >= 4 is 22.9 Å². The van der Waals surface area contributed by atoms with Gasteiger partial charge in [-0.2, -0.15) is 5.10 Å². The molecule has 0 bridgehead atoms. The number of aromatic nitrogens is 3. The van der Waals surface area contributed by atoms with Crippen molar-refractivity contribution in [2.45, 2.75) is 46.4 Å². The third-order valence-corrected chi connectivity index (χ3v) is 8.16. The van der Waals surface area contributed by atoms with Gasteiger partial charge in [0.2, 0.25) is 0 Å². The minimum absolute atomic E-state index is 0.225. The summed E-state index contributed by atoms with van der Waals surface area (Å²) >= 11 is 0. The average molecular weight is 605 g/mol. The van der Waals surface area contributed by atoms with Crippen LogP contribution in [-0.2, 0) is 17.8 Å². The van der Waals surface area contributed by atoms with E-state index in [1.54, 1.807) is 15.6 Å². The van der Waals surface area contributed by atoms with Gasteiger partial charge < -0.3 is 19.9 Å². The number of rotatable bonds is 7. The van der Waals surface area contributed by atoms with E-state index in [1.807, 2.05) is 33.8 Å². The lowest BCUT2D eigenvalue weighted by Crippen LogP contribution is -2.49. The lowest BCUT2D eigenvalue weighted by atomic mass is 10.0. The number of amides is 2. The molecular formula is C36H40N6O3. The van der Waals surface area contributed by atoms with Crippen molar-refractivity contribution in [2.24, 2.45) is 5.73 Å². The molecule has 0 radical (unpaired) electrons. The largest absolute Gasteiger partial charge is 0.444 e. The molecule has 9 heteroatoms. The Balaban J connectivity index is 1.05. The Morgan fingerprint density at radius 3 is 2.02 bits per heavy atom. The first-order valence-corrected chi connectivity index (χ1v) is 15.4. The first kappa shape index (κ1) is 30.1. The van der Waals surface area contributed by atoms with Crippen LogP contribution < -0.4 is 5.73 Å². The number of primary amides is 1. The first-order chi connectivity index (χ1) is 21.5. The van der Waals surface area contributed by atoms with Crippen molar-refractivity contribution in [3.8, 4) is 16.8 Å². The zero-order valence-electron chi connectivity index (χ0n) is 26.4. The van der Waals surface area contributed by atoms with E-state index in [0.29, 0.717) is 13.1 Å². The number of aryl methyl sites for hydroxylation is 1. The summed E-state index contributed by atoms with van der Waals surface area (Å²) in [7, 11) is 0. The van der Waals surface area contributed by atoms with Gasteiger partial charge in [0.15, 0.2) is 5.69 Å². The van der Waals surface area contributed by atoms with E-state index >= 15 is 0 Å². The van der Waals surface area contributed by atoms with E-state index < -0.39 is 11.5 Å². The molecule has 0 spiro atoms. The molecule has 0 unspecified atom stereocenters. The Hall–Kier alpha value is -4.89. The molecule has 0 saturated carbocycles. The molecule has 1 fully saturated rings. The minimum atomic E-state index is -0.532. The molecule has 1 aliphatic rings. The van der Waals surface area contributed by atoms with Crippen LogP contribution in [0.15, 0.2) is 85.1 Å². The van der Waals surface area contributed by atoms with Crippen molar-refractivity contribution in [1.82, 2.24) is 24.1 Å². The molecule has 6 rings (SSSR count). The molecule has 1 saturated heterocycles. The Labute approximate surface area is 263 Å². The highest BCUT2D eigenvalue weighted by atomic mass is 16.6. The molecule has 2 N–H and O–H groups in total. The fraction of sp³-hybridized carbons (Fsp3) is 0.306. The van der Waals surface area contributed by atoms with Crippen LogP contribution in [0.5, 0.6) is 0 Å². The third-order valence-electron chi connectivity index (χ3n) is 8.16. The van der Waals surface area contributed by atoms with E-state index in [4.69, 9.17) is 10.5 Å². The van der Waals surface area contributed by atoms with Crippen LogP contribution in [0, 0.1) is 6.92 Å². The summed E-state index contributed by atoms with van der Waals surface area (Å²) in [5.41, 5.74) is 12.9. The highest BCUT2D eigenvalue weighted by Gasteiger charge is 2.25. The quantitative estimate of drug-likeness (QED) is 0.246. The number of nitrogens with two attached hydrogens (primary N) is 1. The van der Waals surface area contributed by atoms with Crippen LogP contribution in [-0.4, -0.2) is 67.9 Å². The predicted molar refractivity (Wildman–Crippen MR) is 176 cm³/mol. The van der Waals surface area contributed by atoms with E-state index in [9.17, 15) is 9.59 Å². The van der Waals surface area contributed by atoms with E-state index in [2.05, 4.69) is 87.5 Å². The van der Waals surface area contributed by atoms with Gasteiger partial charge in [-0.05, 0) is 80.3 Å². The molecular weight excluding hydrogens is 564 g/mol. The second-order valence-electron chi connectivity index (χ2n) is 12.8. The van der Waals surface area contributed by atoms with Crippen molar-refractivity contribution in [3.05, 3.63) is 108 Å². The van der Waals surface area contributed by atoms with Crippen LogP contribution >= 0.6 is 0 Å². The SMILES string of the molecule is Cc1cc(C(N)=O)nn1-c1ccc2c(ccn2Cc2ccc(-c3ccc(CN4CCN(C(=O)OC(C)(C)C)CC4)cc3)cc2)c1. The van der Waals surface area contributed by atoms with Gasteiger partial charge in [-0.25, -0.2) is 9.48 Å². The summed E-state index contributed by atoms with van der Waals surface area (Å²) in [5.74, 6) is -0.532. The Bertz CT molecular complexity index is 1820. The number of hydrogen-bond donors (Lipinski definition) is 1. The summed E-state index contributed by atoms with van der Waals surface area (Å²) in [6, 6.07) is 27.5. The minimum Gasteiger partial charge on any atom is -0.444 e. The molecule has 5 aromatic rings. The van der Waals surface area contributed by atoms with E-state index in [-0.39, 0.29) is 11.8 Å². The molecule has 1 aliphatic heterocycles. The second-order valence-corrected chi connectivity index (χ2v) is 12.8. The number of hydrogen-bond acceptors (Lipinski definition) is 5. The maximum absolute atomic E-state index is 12.4. The van der Waals surface area contributed by atoms with Crippen LogP contribution in [0.25, 0.3) is 27.7 Å². The summed E-state index contributed by atoms with van der Waals surface area (Å²) < 4.78 is 9.50. The smallest absolute Gasteiger partial charge is 0.410 e. The van der Waals surface area contributed by atoms with Gasteiger partial charge in [-0.1, -0.05) is 48.5 Å². The van der Waals surface area contributed by atoms with E-state index in [0.717, 1.165) is 48.5 Å². The highest BCUT2D eigenvalue weighted by Crippen LogP contribution is 2.25. The van der Waals surface area contributed by atoms with Gasteiger partial charge >= 0.3 is 6.09 Å². The summed E-state index contributed by atoms with van der Waals surface area (Å²) in [4.78, 5) is 28.1. The molecule has 2 amide bonds. The van der Waals surface area contributed by atoms with E-state index in [1.165, 1.54) is 22.3 Å². The summed E-state index contributed by atoms with van der Waals surface area (Å²) in [6.45, 7) is 12.3. The van der Waals surface area contributed by atoms with Crippen LogP contribution in [0.1, 0.15) is 48.1 Å². The van der Waals surface area contributed by atoms with Crippen LogP contribution in [0.4, 0.5) is 4.79 Å². The van der Waals surface area contributed by atoms with Crippen molar-refractivity contribution < 1.29 is 14.3 Å². The second kappa shape index (κ2) is 12.2. The zero-order valence-corrected chi connectivity index (χ0v) is 26.4. The van der Waals surface area contributed by atoms with Gasteiger partial charge in [0, 0.05) is 62.1 Å². The van der Waals surface area contributed by atoms with Crippen molar-refractivity contribution in [2.75, 3.05) is 26.2 Å². The highest BCUT2D eigenvalue weighted by molar-refractivity contribution is 5.91. The molecule has 0 aliphatic carbocycles. The number of ether oxygens (including phenoxy) is 1. The number of carbonyl (C=O) groups is 2. The van der Waals surface area contributed by atoms with Crippen LogP contribution in [0.2, 0.25) is 0 Å². The molecule has 3 aromatic carbocycles. The molecule has 0 atom stereocenters. The first-order valence-electron chi connectivity index (χ1n) is 15.4. The molecule has 3 heterocycles. The van der Waals surface area contributed by atoms with Crippen molar-refractivity contribution in [3.63, 3.8) is 0 Å². The topological polar surface area (TPSA) is 98.6 Å². The Kier molecular flexibility index (Phi) is 8.20. The van der Waals surface area contributed by atoms with Crippen LogP contribution in [0.3, 0.4) is 0 Å². The Morgan fingerprint density at radius 2 is 1.44 bits per heavy atom. The average Bonchev–Trinajstić information content (AvgIpc) is 3.60. The lowest BCUT2D eigenvalue weighted by molar-refractivity contribution is 0.0139. The van der Waals surface area contributed by atoms with Gasteiger partial charge in [-0.15, -0.1) is 0 Å². The molecule has 232 valence electrons. The molecule has 2 aromatic heterocycles. The number of benzene rings is 3. The number of carbonyl (C=O) groups excluding carboxylic acids is 2. The Morgan fingerprint density at radius 1 is 0.822 bits per heavy atom. The monoisotopic (exact) mass is 604 g/mol. The standard InChI is InChI=1S/C36H40N6O3/c1-25-21-32(34(37)43)38-42(25)31-13-14-33-30(22-31)15-16-41(33)24-27-7-11-29(12-8-27)28-9-5-26(6-10-28)23-39-17-19-40(20-18-39)35(44)45-36(2,3)4/h5-16,21-22H,17-20,23-24H2,1-4H3,(H2,37,43). The third kappa shape index (κ3) is 6.94.